The highest BCUT2D eigenvalue weighted by atomic mass is 35.5. The number of aliphatic imine (C=N–C) groups is 1. The van der Waals surface area contributed by atoms with Crippen molar-refractivity contribution in [1.82, 2.24) is 4.90 Å². The number of guanidine groups is 1. The van der Waals surface area contributed by atoms with Crippen molar-refractivity contribution in [3.8, 4) is 0 Å². The van der Waals surface area contributed by atoms with E-state index in [0.717, 1.165) is 23.9 Å². The summed E-state index contributed by atoms with van der Waals surface area (Å²) in [6.45, 7) is 13.6. The van der Waals surface area contributed by atoms with Crippen molar-refractivity contribution in [1.29, 1.82) is 0 Å². The first-order chi connectivity index (χ1) is 14.2. The Hall–Kier alpha value is -2.78. The van der Waals surface area contributed by atoms with E-state index < -0.39 is 0 Å². The zero-order valence-electron chi connectivity index (χ0n) is 19.7. The first-order valence-corrected chi connectivity index (χ1v) is 10.5. The molecule has 0 heterocycles. The number of hydrogen-bond acceptors (Lipinski definition) is 1. The maximum absolute atomic E-state index is 5.13. The van der Waals surface area contributed by atoms with Gasteiger partial charge in [-0.05, 0) is 69.4 Å². The molecule has 0 fully saturated rings. The minimum Gasteiger partial charge on any atom is -0.341 e. The summed E-state index contributed by atoms with van der Waals surface area (Å²) in [6, 6.07) is 19.3. The highest BCUT2D eigenvalue weighted by Gasteiger charge is 2.14. The fourth-order valence-electron chi connectivity index (χ4n) is 4.08. The second-order valence-electron chi connectivity index (χ2n) is 8.42. The summed E-state index contributed by atoms with van der Waals surface area (Å²) in [5, 5.41) is 3.66. The number of benzene rings is 3. The SMILES string of the molecule is Cc1cc(C)c(N=C(Nc2c(C)cc(C)cc2C)N(C)Cc2ccccc2)c(C)c1.Cl. The van der Waals surface area contributed by atoms with Gasteiger partial charge in [0.05, 0.1) is 5.69 Å². The summed E-state index contributed by atoms with van der Waals surface area (Å²) in [4.78, 5) is 7.31. The summed E-state index contributed by atoms with van der Waals surface area (Å²) in [7, 11) is 2.09. The van der Waals surface area contributed by atoms with E-state index in [1.54, 1.807) is 0 Å². The van der Waals surface area contributed by atoms with Crippen LogP contribution in [-0.4, -0.2) is 17.9 Å². The van der Waals surface area contributed by atoms with E-state index in [4.69, 9.17) is 4.99 Å². The number of anilines is 1. The Morgan fingerprint density at radius 1 is 0.774 bits per heavy atom. The molecule has 1 N–H and O–H groups in total. The van der Waals surface area contributed by atoms with Gasteiger partial charge in [-0.15, -0.1) is 12.4 Å². The van der Waals surface area contributed by atoms with Gasteiger partial charge in [-0.2, -0.15) is 0 Å². The lowest BCUT2D eigenvalue weighted by Gasteiger charge is -2.25. The minimum atomic E-state index is 0. The fourth-order valence-corrected chi connectivity index (χ4v) is 4.08. The summed E-state index contributed by atoms with van der Waals surface area (Å²) in [6.07, 6.45) is 0. The Labute approximate surface area is 193 Å². The number of aryl methyl sites for hydroxylation is 6. The molecule has 0 unspecified atom stereocenters. The molecule has 0 amide bonds. The maximum Gasteiger partial charge on any atom is 0.203 e. The first kappa shape index (κ1) is 24.5. The van der Waals surface area contributed by atoms with Crippen molar-refractivity contribution < 1.29 is 0 Å². The Bertz CT molecular complexity index is 1030. The molecule has 3 nitrogen and oxygen atoms in total. The largest absolute Gasteiger partial charge is 0.341 e. The lowest BCUT2D eigenvalue weighted by atomic mass is 10.0. The molecular weight excluding hydrogens is 402 g/mol. The third-order valence-corrected chi connectivity index (χ3v) is 5.39. The van der Waals surface area contributed by atoms with Gasteiger partial charge in [-0.3, -0.25) is 0 Å². The monoisotopic (exact) mass is 435 g/mol. The summed E-state index contributed by atoms with van der Waals surface area (Å²) >= 11 is 0. The highest BCUT2D eigenvalue weighted by molar-refractivity contribution is 5.97. The van der Waals surface area contributed by atoms with Crippen LogP contribution in [0.2, 0.25) is 0 Å². The van der Waals surface area contributed by atoms with Gasteiger partial charge in [-0.1, -0.05) is 65.7 Å². The van der Waals surface area contributed by atoms with Crippen molar-refractivity contribution in [2.75, 3.05) is 12.4 Å². The van der Waals surface area contributed by atoms with Crippen molar-refractivity contribution in [2.24, 2.45) is 4.99 Å². The first-order valence-electron chi connectivity index (χ1n) is 10.5. The van der Waals surface area contributed by atoms with Crippen LogP contribution in [0.5, 0.6) is 0 Å². The van der Waals surface area contributed by atoms with E-state index >= 15 is 0 Å². The average Bonchev–Trinajstić information content (AvgIpc) is 2.66. The number of rotatable bonds is 4. The van der Waals surface area contributed by atoms with Crippen LogP contribution in [0.25, 0.3) is 0 Å². The summed E-state index contributed by atoms with van der Waals surface area (Å²) in [5.41, 5.74) is 10.8. The standard InChI is InChI=1S/C27H33N3.ClH/c1-18-13-20(3)25(21(4)14-18)28-27(30(7)17-24-11-9-8-10-12-24)29-26-22(5)15-19(2)16-23(26)6;/h8-16H,17H2,1-7H3,(H,28,29);1H. The van der Waals surface area contributed by atoms with E-state index in [0.29, 0.717) is 0 Å². The molecule has 0 radical (unpaired) electrons. The third kappa shape index (κ3) is 6.11. The van der Waals surface area contributed by atoms with Crippen LogP contribution in [-0.2, 0) is 6.54 Å². The van der Waals surface area contributed by atoms with Crippen LogP contribution >= 0.6 is 12.4 Å². The van der Waals surface area contributed by atoms with Gasteiger partial charge in [0, 0.05) is 19.3 Å². The minimum absolute atomic E-state index is 0. The second kappa shape index (κ2) is 10.5. The van der Waals surface area contributed by atoms with Crippen molar-refractivity contribution in [3.63, 3.8) is 0 Å². The predicted octanol–water partition coefficient (Wildman–Crippen LogP) is 7.19. The van der Waals surface area contributed by atoms with Gasteiger partial charge >= 0.3 is 0 Å². The maximum atomic E-state index is 5.13. The normalized spacial score (nSPS) is 11.1. The van der Waals surface area contributed by atoms with Gasteiger partial charge in [-0.25, -0.2) is 4.99 Å². The fraction of sp³-hybridized carbons (Fsp3) is 0.296. The van der Waals surface area contributed by atoms with Crippen LogP contribution < -0.4 is 5.32 Å². The topological polar surface area (TPSA) is 27.6 Å². The molecule has 164 valence electrons. The molecule has 0 atom stereocenters. The Morgan fingerprint density at radius 3 is 1.77 bits per heavy atom. The molecule has 0 bridgehead atoms. The number of nitrogens with zero attached hydrogens (tertiary/aromatic N) is 2. The van der Waals surface area contributed by atoms with Gasteiger partial charge in [0.2, 0.25) is 5.96 Å². The molecule has 0 saturated heterocycles. The molecule has 0 aromatic heterocycles. The molecule has 0 aliphatic heterocycles. The van der Waals surface area contributed by atoms with Gasteiger partial charge < -0.3 is 10.2 Å². The zero-order valence-corrected chi connectivity index (χ0v) is 20.5. The molecule has 0 aliphatic carbocycles. The molecule has 0 saturated carbocycles. The highest BCUT2D eigenvalue weighted by Crippen LogP contribution is 2.27. The molecule has 3 aromatic rings. The third-order valence-electron chi connectivity index (χ3n) is 5.39. The average molecular weight is 436 g/mol. The van der Waals surface area contributed by atoms with Crippen LogP contribution in [0, 0.1) is 41.5 Å². The second-order valence-corrected chi connectivity index (χ2v) is 8.42. The van der Waals surface area contributed by atoms with Crippen LogP contribution in [0.1, 0.15) is 38.9 Å². The lowest BCUT2D eigenvalue weighted by Crippen LogP contribution is -2.33. The predicted molar refractivity (Wildman–Crippen MR) is 137 cm³/mol. The quantitative estimate of drug-likeness (QED) is 0.346. The molecule has 3 rings (SSSR count). The van der Waals surface area contributed by atoms with E-state index in [2.05, 4.69) is 113 Å². The molecule has 0 spiro atoms. The smallest absolute Gasteiger partial charge is 0.203 e. The molecular formula is C27H34ClN3. The molecule has 4 heteroatoms. The van der Waals surface area contributed by atoms with Gasteiger partial charge in [0.15, 0.2) is 0 Å². The van der Waals surface area contributed by atoms with E-state index in [-0.39, 0.29) is 12.4 Å². The number of hydrogen-bond donors (Lipinski definition) is 1. The van der Waals surface area contributed by atoms with Crippen molar-refractivity contribution >= 4 is 29.7 Å². The van der Waals surface area contributed by atoms with Crippen LogP contribution in [0.3, 0.4) is 0 Å². The van der Waals surface area contributed by atoms with Crippen molar-refractivity contribution in [2.45, 2.75) is 48.1 Å². The Morgan fingerprint density at radius 2 is 1.26 bits per heavy atom. The van der Waals surface area contributed by atoms with E-state index in [9.17, 15) is 0 Å². The lowest BCUT2D eigenvalue weighted by molar-refractivity contribution is 0.499. The number of halogens is 1. The zero-order chi connectivity index (χ0) is 21.8. The van der Waals surface area contributed by atoms with Gasteiger partial charge in [0.25, 0.3) is 0 Å². The van der Waals surface area contributed by atoms with Crippen LogP contribution in [0.15, 0.2) is 59.6 Å². The molecule has 31 heavy (non-hydrogen) atoms. The molecule has 0 aliphatic rings. The Kier molecular flexibility index (Phi) is 8.29. The summed E-state index contributed by atoms with van der Waals surface area (Å²) in [5.74, 6) is 0.851. The van der Waals surface area contributed by atoms with E-state index in [1.807, 2.05) is 0 Å². The van der Waals surface area contributed by atoms with Crippen molar-refractivity contribution in [3.05, 3.63) is 93.5 Å². The Balaban J connectivity index is 0.00000341. The summed E-state index contributed by atoms with van der Waals surface area (Å²) < 4.78 is 0. The number of nitrogens with one attached hydrogen (secondary N) is 1. The molecule has 3 aromatic carbocycles. The van der Waals surface area contributed by atoms with Crippen LogP contribution in [0.4, 0.5) is 11.4 Å². The van der Waals surface area contributed by atoms with E-state index in [1.165, 1.54) is 38.9 Å². The van der Waals surface area contributed by atoms with Gasteiger partial charge in [0.1, 0.15) is 0 Å².